The van der Waals surface area contributed by atoms with Gasteiger partial charge < -0.3 is 5.11 Å². The van der Waals surface area contributed by atoms with Crippen LogP contribution in [-0.4, -0.2) is 19.9 Å². The number of pyridine rings is 1. The Morgan fingerprint density at radius 2 is 2.00 bits per heavy atom. The van der Waals surface area contributed by atoms with Crippen LogP contribution < -0.4 is 0 Å². The van der Waals surface area contributed by atoms with Crippen molar-refractivity contribution in [1.82, 2.24) is 14.8 Å². The Labute approximate surface area is 128 Å². The predicted molar refractivity (Wildman–Crippen MR) is 82.4 cm³/mol. The second-order valence-corrected chi connectivity index (χ2v) is 5.79. The van der Waals surface area contributed by atoms with Crippen molar-refractivity contribution in [3.05, 3.63) is 46.5 Å². The van der Waals surface area contributed by atoms with Gasteiger partial charge in [-0.15, -0.1) is 0 Å². The number of aliphatic hydroxyl groups excluding tert-OH is 1. The van der Waals surface area contributed by atoms with Gasteiger partial charge in [-0.25, -0.2) is 0 Å². The SMILES string of the molecule is CCC(CC)n1ccc(CC(O)c2ccc(Br)cn2)n1. The minimum Gasteiger partial charge on any atom is -0.386 e. The third-order valence-electron chi connectivity index (χ3n) is 3.47. The largest absolute Gasteiger partial charge is 0.386 e. The Balaban J connectivity index is 2.04. The molecule has 0 saturated heterocycles. The normalized spacial score (nSPS) is 12.8. The van der Waals surface area contributed by atoms with Crippen molar-refractivity contribution in [3.63, 3.8) is 0 Å². The van der Waals surface area contributed by atoms with E-state index in [1.54, 1.807) is 6.20 Å². The number of halogens is 1. The molecule has 0 saturated carbocycles. The molecule has 0 radical (unpaired) electrons. The lowest BCUT2D eigenvalue weighted by atomic mass is 10.1. The summed E-state index contributed by atoms with van der Waals surface area (Å²) in [5.41, 5.74) is 1.57. The first kappa shape index (κ1) is 15.2. The minimum atomic E-state index is -0.617. The molecule has 1 N–H and O–H groups in total. The number of nitrogens with zero attached hydrogens (tertiary/aromatic N) is 3. The predicted octanol–water partition coefficient (Wildman–Crippen LogP) is 3.68. The molecule has 108 valence electrons. The van der Waals surface area contributed by atoms with Gasteiger partial charge in [0.1, 0.15) is 6.10 Å². The van der Waals surface area contributed by atoms with Crippen LogP contribution in [0.15, 0.2) is 35.1 Å². The Bertz CT molecular complexity index is 534. The van der Waals surface area contributed by atoms with Gasteiger partial charge in [0.2, 0.25) is 0 Å². The summed E-state index contributed by atoms with van der Waals surface area (Å²) in [5.74, 6) is 0. The van der Waals surface area contributed by atoms with Crippen molar-refractivity contribution in [3.8, 4) is 0 Å². The maximum absolute atomic E-state index is 10.2. The molecule has 0 fully saturated rings. The number of aliphatic hydroxyl groups is 1. The first-order valence-corrected chi connectivity index (χ1v) is 7.76. The summed E-state index contributed by atoms with van der Waals surface area (Å²) in [7, 11) is 0. The summed E-state index contributed by atoms with van der Waals surface area (Å²) in [6.07, 6.45) is 5.69. The molecule has 0 amide bonds. The van der Waals surface area contributed by atoms with E-state index in [0.29, 0.717) is 18.2 Å². The molecule has 1 atom stereocenters. The van der Waals surface area contributed by atoms with Gasteiger partial charge in [-0.05, 0) is 47.0 Å². The first-order valence-electron chi connectivity index (χ1n) is 6.97. The Kier molecular flexibility index (Phi) is 5.31. The van der Waals surface area contributed by atoms with E-state index >= 15 is 0 Å². The van der Waals surface area contributed by atoms with Crippen LogP contribution >= 0.6 is 15.9 Å². The number of hydrogen-bond acceptors (Lipinski definition) is 3. The average Bonchev–Trinajstić information content (AvgIpc) is 2.89. The fraction of sp³-hybridized carbons (Fsp3) is 0.467. The van der Waals surface area contributed by atoms with Crippen LogP contribution in [0.4, 0.5) is 0 Å². The van der Waals surface area contributed by atoms with Crippen LogP contribution in [0.2, 0.25) is 0 Å². The van der Waals surface area contributed by atoms with Crippen LogP contribution in [0.3, 0.4) is 0 Å². The molecule has 2 aromatic heterocycles. The monoisotopic (exact) mass is 337 g/mol. The van der Waals surface area contributed by atoms with E-state index in [2.05, 4.69) is 39.9 Å². The van der Waals surface area contributed by atoms with E-state index in [1.165, 1.54) is 0 Å². The summed E-state index contributed by atoms with van der Waals surface area (Å²) in [6, 6.07) is 6.12. The molecule has 1 unspecified atom stereocenters. The topological polar surface area (TPSA) is 50.9 Å². The molecule has 0 aliphatic heterocycles. The lowest BCUT2D eigenvalue weighted by molar-refractivity contribution is 0.172. The molecule has 0 aliphatic carbocycles. The van der Waals surface area contributed by atoms with Gasteiger partial charge in [-0.1, -0.05) is 13.8 Å². The van der Waals surface area contributed by atoms with Crippen LogP contribution in [-0.2, 0) is 6.42 Å². The highest BCUT2D eigenvalue weighted by atomic mass is 79.9. The zero-order valence-corrected chi connectivity index (χ0v) is 13.4. The Hall–Kier alpha value is -1.20. The Morgan fingerprint density at radius 3 is 2.60 bits per heavy atom. The molecular formula is C15H20BrN3O. The molecule has 2 heterocycles. The minimum absolute atomic E-state index is 0.437. The van der Waals surface area contributed by atoms with Crippen molar-refractivity contribution >= 4 is 15.9 Å². The van der Waals surface area contributed by atoms with Crippen molar-refractivity contribution < 1.29 is 5.11 Å². The van der Waals surface area contributed by atoms with Gasteiger partial charge >= 0.3 is 0 Å². The van der Waals surface area contributed by atoms with E-state index < -0.39 is 6.10 Å². The smallest absolute Gasteiger partial charge is 0.102 e. The fourth-order valence-corrected chi connectivity index (χ4v) is 2.47. The summed E-state index contributed by atoms with van der Waals surface area (Å²) >= 11 is 3.34. The van der Waals surface area contributed by atoms with Gasteiger partial charge in [-0.2, -0.15) is 5.10 Å². The van der Waals surface area contributed by atoms with Gasteiger partial charge in [0.05, 0.1) is 17.4 Å². The Morgan fingerprint density at radius 1 is 1.25 bits per heavy atom. The number of hydrogen-bond donors (Lipinski definition) is 1. The van der Waals surface area contributed by atoms with Gasteiger partial charge in [0.25, 0.3) is 0 Å². The lowest BCUT2D eigenvalue weighted by Crippen LogP contribution is -2.09. The lowest BCUT2D eigenvalue weighted by Gasteiger charge is -2.13. The van der Waals surface area contributed by atoms with E-state index in [0.717, 1.165) is 23.0 Å². The van der Waals surface area contributed by atoms with Gasteiger partial charge in [0, 0.05) is 23.3 Å². The maximum Gasteiger partial charge on any atom is 0.102 e. The fourth-order valence-electron chi connectivity index (χ4n) is 2.24. The summed E-state index contributed by atoms with van der Waals surface area (Å²) < 4.78 is 2.91. The molecule has 0 aliphatic rings. The third-order valence-corrected chi connectivity index (χ3v) is 3.94. The summed E-state index contributed by atoms with van der Waals surface area (Å²) in [6.45, 7) is 4.33. The van der Waals surface area contributed by atoms with E-state index in [-0.39, 0.29) is 0 Å². The van der Waals surface area contributed by atoms with E-state index in [4.69, 9.17) is 0 Å². The molecule has 2 aromatic rings. The molecular weight excluding hydrogens is 318 g/mol. The average molecular weight is 338 g/mol. The summed E-state index contributed by atoms with van der Waals surface area (Å²) in [4.78, 5) is 4.22. The van der Waals surface area contributed by atoms with Gasteiger partial charge in [0.15, 0.2) is 0 Å². The number of rotatable bonds is 6. The van der Waals surface area contributed by atoms with E-state index in [9.17, 15) is 5.11 Å². The van der Waals surface area contributed by atoms with Gasteiger partial charge in [-0.3, -0.25) is 9.67 Å². The van der Waals surface area contributed by atoms with Crippen molar-refractivity contribution in [2.24, 2.45) is 0 Å². The number of aromatic nitrogens is 3. The van der Waals surface area contributed by atoms with Crippen LogP contribution in [0.5, 0.6) is 0 Å². The molecule has 5 heteroatoms. The van der Waals surface area contributed by atoms with E-state index in [1.807, 2.05) is 29.1 Å². The molecule has 2 rings (SSSR count). The highest BCUT2D eigenvalue weighted by Gasteiger charge is 2.13. The molecule has 0 bridgehead atoms. The molecule has 0 aromatic carbocycles. The zero-order valence-electron chi connectivity index (χ0n) is 11.8. The highest BCUT2D eigenvalue weighted by molar-refractivity contribution is 9.10. The van der Waals surface area contributed by atoms with Crippen LogP contribution in [0.1, 0.15) is 50.2 Å². The van der Waals surface area contributed by atoms with Crippen molar-refractivity contribution in [2.45, 2.75) is 45.3 Å². The standard InChI is InChI=1S/C15H20BrN3O/c1-3-13(4-2)19-8-7-12(18-19)9-15(20)14-6-5-11(16)10-17-14/h5-8,10,13,15,20H,3-4,9H2,1-2H3. The molecule has 0 spiro atoms. The maximum atomic E-state index is 10.2. The molecule has 20 heavy (non-hydrogen) atoms. The van der Waals surface area contributed by atoms with Crippen molar-refractivity contribution in [2.75, 3.05) is 0 Å². The third kappa shape index (κ3) is 3.67. The quantitative estimate of drug-likeness (QED) is 0.874. The second kappa shape index (κ2) is 6.99. The first-order chi connectivity index (χ1) is 9.63. The van der Waals surface area contributed by atoms with Crippen LogP contribution in [0.25, 0.3) is 0 Å². The second-order valence-electron chi connectivity index (χ2n) is 4.88. The summed E-state index contributed by atoms with van der Waals surface area (Å²) in [5, 5.41) is 14.8. The van der Waals surface area contributed by atoms with Crippen LogP contribution in [0, 0.1) is 0 Å². The highest BCUT2D eigenvalue weighted by Crippen LogP contribution is 2.19. The molecule has 4 nitrogen and oxygen atoms in total. The van der Waals surface area contributed by atoms with Crippen molar-refractivity contribution in [1.29, 1.82) is 0 Å². The zero-order chi connectivity index (χ0) is 14.5.